The van der Waals surface area contributed by atoms with Gasteiger partial charge in [0.1, 0.15) is 10.8 Å². The smallest absolute Gasteiger partial charge is 0.433 e. The van der Waals surface area contributed by atoms with E-state index in [0.717, 1.165) is 17.8 Å². The van der Waals surface area contributed by atoms with Gasteiger partial charge >= 0.3 is 6.18 Å². The van der Waals surface area contributed by atoms with Gasteiger partial charge in [0.2, 0.25) is 5.95 Å². The van der Waals surface area contributed by atoms with Gasteiger partial charge in [-0.15, -0.1) is 0 Å². The molecule has 19 heavy (non-hydrogen) atoms. The van der Waals surface area contributed by atoms with Crippen molar-refractivity contribution in [2.45, 2.75) is 17.0 Å². The Hall–Kier alpha value is -1.74. The maximum atomic E-state index is 12.6. The lowest BCUT2D eigenvalue weighted by molar-refractivity contribution is -0.141. The van der Waals surface area contributed by atoms with Crippen molar-refractivity contribution in [1.82, 2.24) is 9.97 Å². The molecule has 2 aromatic heterocycles. The fourth-order valence-corrected chi connectivity index (χ4v) is 2.05. The van der Waals surface area contributed by atoms with E-state index in [9.17, 15) is 13.2 Å². The first kappa shape index (κ1) is 13.7. The highest BCUT2D eigenvalue weighted by molar-refractivity contribution is 7.98. The summed E-state index contributed by atoms with van der Waals surface area (Å²) in [5.41, 5.74) is 0.970. The molecule has 5 nitrogen and oxygen atoms in total. The molecule has 2 aromatic rings. The first-order valence-electron chi connectivity index (χ1n) is 5.07. The summed E-state index contributed by atoms with van der Waals surface area (Å²) in [4.78, 5) is 7.10. The predicted octanol–water partition coefficient (Wildman–Crippen LogP) is 2.67. The maximum Gasteiger partial charge on any atom is 0.433 e. The highest BCUT2D eigenvalue weighted by Gasteiger charge is 2.33. The lowest BCUT2D eigenvalue weighted by Gasteiger charge is -2.09. The highest BCUT2D eigenvalue weighted by atomic mass is 32.2. The van der Waals surface area contributed by atoms with Crippen molar-refractivity contribution in [2.24, 2.45) is 5.84 Å². The molecule has 0 aliphatic carbocycles. The molecule has 0 amide bonds. The Bertz CT molecular complexity index is 544. The number of thioether (sulfide) groups is 1. The minimum absolute atomic E-state index is 0.159. The number of alkyl halides is 3. The van der Waals surface area contributed by atoms with Gasteiger partial charge < -0.3 is 4.42 Å². The molecule has 0 bridgehead atoms. The number of nitrogens with two attached hydrogens (primary N) is 1. The number of nitrogens with one attached hydrogen (secondary N) is 1. The Labute approximate surface area is 110 Å². The van der Waals surface area contributed by atoms with Gasteiger partial charge in [-0.25, -0.2) is 15.8 Å². The topological polar surface area (TPSA) is 77.0 Å². The van der Waals surface area contributed by atoms with Crippen LogP contribution in [0.25, 0.3) is 0 Å². The summed E-state index contributed by atoms with van der Waals surface area (Å²) >= 11 is 1.10. The summed E-state index contributed by atoms with van der Waals surface area (Å²) < 4.78 is 42.9. The van der Waals surface area contributed by atoms with Gasteiger partial charge in [0.25, 0.3) is 0 Å². The Kier molecular flexibility index (Phi) is 3.96. The van der Waals surface area contributed by atoms with E-state index in [4.69, 9.17) is 10.3 Å². The summed E-state index contributed by atoms with van der Waals surface area (Å²) in [6.07, 6.45) is -3.06. The number of hydrogen-bond acceptors (Lipinski definition) is 6. The first-order chi connectivity index (χ1) is 8.99. The van der Waals surface area contributed by atoms with Crippen molar-refractivity contribution in [3.05, 3.63) is 35.9 Å². The van der Waals surface area contributed by atoms with E-state index < -0.39 is 11.9 Å². The molecule has 0 radical (unpaired) electrons. The van der Waals surface area contributed by atoms with E-state index in [0.29, 0.717) is 11.5 Å². The van der Waals surface area contributed by atoms with E-state index in [1.165, 1.54) is 6.26 Å². The van der Waals surface area contributed by atoms with E-state index in [-0.39, 0.29) is 11.0 Å². The van der Waals surface area contributed by atoms with Crippen LogP contribution >= 0.6 is 11.8 Å². The quantitative estimate of drug-likeness (QED) is 0.390. The lowest BCUT2D eigenvalue weighted by atomic mass is 10.4. The summed E-state index contributed by atoms with van der Waals surface area (Å²) in [5.74, 6) is 5.78. The number of anilines is 1. The molecule has 0 spiro atoms. The van der Waals surface area contributed by atoms with Crippen LogP contribution in [0.1, 0.15) is 11.5 Å². The molecule has 102 valence electrons. The van der Waals surface area contributed by atoms with Gasteiger partial charge in [-0.1, -0.05) is 11.8 Å². The Morgan fingerprint density at radius 3 is 2.74 bits per heavy atom. The van der Waals surface area contributed by atoms with E-state index in [1.807, 2.05) is 5.43 Å². The van der Waals surface area contributed by atoms with Gasteiger partial charge in [-0.2, -0.15) is 13.2 Å². The summed E-state index contributed by atoms with van der Waals surface area (Å²) in [5, 5.41) is 0.159. The van der Waals surface area contributed by atoms with Crippen molar-refractivity contribution >= 4 is 17.7 Å². The fourth-order valence-electron chi connectivity index (χ4n) is 1.25. The van der Waals surface area contributed by atoms with Crippen LogP contribution in [0, 0.1) is 0 Å². The zero-order valence-electron chi connectivity index (χ0n) is 9.44. The average Bonchev–Trinajstić information content (AvgIpc) is 2.88. The standard InChI is InChI=1S/C10H9F3N4OS/c11-10(12,13)7-4-8(16-9(15-7)17-14)19-5-6-2-1-3-18-6/h1-4H,5,14H2,(H,15,16,17). The molecular weight excluding hydrogens is 281 g/mol. The Balaban J connectivity index is 2.19. The summed E-state index contributed by atoms with van der Waals surface area (Å²) in [6, 6.07) is 4.29. The van der Waals surface area contributed by atoms with Crippen molar-refractivity contribution in [1.29, 1.82) is 0 Å². The molecule has 0 aliphatic heterocycles. The zero-order valence-corrected chi connectivity index (χ0v) is 10.3. The van der Waals surface area contributed by atoms with Crippen LogP contribution in [0.4, 0.5) is 19.1 Å². The van der Waals surface area contributed by atoms with Gasteiger partial charge in [0.05, 0.1) is 12.0 Å². The molecule has 0 aliphatic rings. The molecular formula is C10H9F3N4OS. The van der Waals surface area contributed by atoms with Gasteiger partial charge in [0, 0.05) is 6.07 Å². The molecule has 2 rings (SSSR count). The lowest BCUT2D eigenvalue weighted by Crippen LogP contribution is -2.15. The number of furan rings is 1. The van der Waals surface area contributed by atoms with Crippen molar-refractivity contribution in [3.8, 4) is 0 Å². The SMILES string of the molecule is NNc1nc(SCc2ccco2)cc(C(F)(F)F)n1. The average molecular weight is 290 g/mol. The second-order valence-corrected chi connectivity index (χ2v) is 4.42. The van der Waals surface area contributed by atoms with Crippen LogP contribution in [-0.2, 0) is 11.9 Å². The number of nitrogen functional groups attached to an aromatic ring is 1. The largest absolute Gasteiger partial charge is 0.468 e. The van der Waals surface area contributed by atoms with Gasteiger partial charge in [-0.3, -0.25) is 5.43 Å². The minimum Gasteiger partial charge on any atom is -0.468 e. The van der Waals surface area contributed by atoms with E-state index in [2.05, 4.69) is 9.97 Å². The second-order valence-electron chi connectivity index (χ2n) is 3.43. The number of hydrogen-bond donors (Lipinski definition) is 2. The predicted molar refractivity (Wildman–Crippen MR) is 63.1 cm³/mol. The molecule has 9 heteroatoms. The molecule has 0 atom stereocenters. The zero-order chi connectivity index (χ0) is 13.9. The summed E-state index contributed by atoms with van der Waals surface area (Å²) in [6.45, 7) is 0. The third-order valence-electron chi connectivity index (χ3n) is 2.06. The third-order valence-corrected chi connectivity index (χ3v) is 3.00. The van der Waals surface area contributed by atoms with Crippen LogP contribution < -0.4 is 11.3 Å². The number of hydrazine groups is 1. The second kappa shape index (κ2) is 5.49. The van der Waals surface area contributed by atoms with Crippen molar-refractivity contribution < 1.29 is 17.6 Å². The number of aromatic nitrogens is 2. The number of rotatable bonds is 4. The summed E-state index contributed by atoms with van der Waals surface area (Å²) in [7, 11) is 0. The van der Waals surface area contributed by atoms with Crippen LogP contribution in [-0.4, -0.2) is 9.97 Å². The first-order valence-corrected chi connectivity index (χ1v) is 6.05. The van der Waals surface area contributed by atoms with Crippen molar-refractivity contribution in [3.63, 3.8) is 0 Å². The molecule has 0 saturated heterocycles. The maximum absolute atomic E-state index is 12.6. The van der Waals surface area contributed by atoms with Crippen LogP contribution in [0.3, 0.4) is 0 Å². The Morgan fingerprint density at radius 1 is 1.37 bits per heavy atom. The normalized spacial score (nSPS) is 11.6. The molecule has 2 heterocycles. The van der Waals surface area contributed by atoms with E-state index >= 15 is 0 Å². The third kappa shape index (κ3) is 3.61. The number of nitrogens with zero attached hydrogens (tertiary/aromatic N) is 2. The van der Waals surface area contributed by atoms with Crippen molar-refractivity contribution in [2.75, 3.05) is 5.43 Å². The fraction of sp³-hybridized carbons (Fsp3) is 0.200. The minimum atomic E-state index is -4.55. The molecule has 0 aromatic carbocycles. The van der Waals surface area contributed by atoms with Crippen LogP contribution in [0.5, 0.6) is 0 Å². The van der Waals surface area contributed by atoms with Gasteiger partial charge in [-0.05, 0) is 12.1 Å². The number of halogens is 3. The highest BCUT2D eigenvalue weighted by Crippen LogP contribution is 2.31. The molecule has 3 N–H and O–H groups in total. The molecule has 0 fully saturated rings. The van der Waals surface area contributed by atoms with E-state index in [1.54, 1.807) is 12.1 Å². The molecule has 0 unspecified atom stereocenters. The van der Waals surface area contributed by atoms with Gasteiger partial charge in [0.15, 0.2) is 5.69 Å². The monoisotopic (exact) mass is 290 g/mol. The van der Waals surface area contributed by atoms with Crippen LogP contribution in [0.2, 0.25) is 0 Å². The molecule has 0 saturated carbocycles. The Morgan fingerprint density at radius 2 is 2.16 bits per heavy atom. The van der Waals surface area contributed by atoms with Crippen LogP contribution in [0.15, 0.2) is 33.9 Å².